The van der Waals surface area contributed by atoms with E-state index in [9.17, 15) is 9.59 Å². The summed E-state index contributed by atoms with van der Waals surface area (Å²) in [5.41, 5.74) is -0.522. The maximum atomic E-state index is 12.6. The Kier molecular flexibility index (Phi) is 4.68. The fourth-order valence-electron chi connectivity index (χ4n) is 2.86. The molecule has 0 N–H and O–H groups in total. The molecule has 1 amide bonds. The lowest BCUT2D eigenvalue weighted by Crippen LogP contribution is -2.46. The molecule has 0 spiro atoms. The van der Waals surface area contributed by atoms with Gasteiger partial charge in [-0.25, -0.2) is 4.79 Å². The van der Waals surface area contributed by atoms with Gasteiger partial charge in [0.2, 0.25) is 0 Å². The summed E-state index contributed by atoms with van der Waals surface area (Å²) in [6.07, 6.45) is 2.82. The Labute approximate surface area is 120 Å². The van der Waals surface area contributed by atoms with Crippen LogP contribution in [0.1, 0.15) is 46.5 Å². The van der Waals surface area contributed by atoms with Gasteiger partial charge in [0.05, 0.1) is 6.04 Å². The van der Waals surface area contributed by atoms with Gasteiger partial charge in [-0.05, 0) is 46.5 Å². The number of carbonyl (C=O) groups excluding carboxylic acids is 2. The minimum atomic E-state index is -0.522. The lowest BCUT2D eigenvalue weighted by Gasteiger charge is -2.30. The molecular weight excluding hydrogens is 258 g/mol. The third-order valence-electron chi connectivity index (χ3n) is 3.83. The van der Waals surface area contributed by atoms with Crippen molar-refractivity contribution in [3.63, 3.8) is 0 Å². The second kappa shape index (κ2) is 6.12. The number of nitrogens with zero attached hydrogens (tertiary/aromatic N) is 1. The number of carbonyl (C=O) groups is 2. The predicted molar refractivity (Wildman–Crippen MR) is 74.5 cm³/mol. The summed E-state index contributed by atoms with van der Waals surface area (Å²) < 4.78 is 10.7. The third-order valence-corrected chi connectivity index (χ3v) is 3.83. The first-order valence-electron chi connectivity index (χ1n) is 7.49. The summed E-state index contributed by atoms with van der Waals surface area (Å²) in [5.74, 6) is 0.230. The molecule has 2 aliphatic rings. The number of Topliss-reactive ketones (excluding diaryl/α,β-unsaturated/α-hetero) is 1. The number of hydrogen-bond donors (Lipinski definition) is 0. The minimum absolute atomic E-state index is 0.0387. The lowest BCUT2D eigenvalue weighted by molar-refractivity contribution is -0.130. The van der Waals surface area contributed by atoms with Gasteiger partial charge in [0.1, 0.15) is 5.60 Å². The van der Waals surface area contributed by atoms with Crippen LogP contribution in [0.4, 0.5) is 4.79 Å². The predicted octanol–water partition coefficient (Wildman–Crippen LogP) is 2.38. The molecule has 0 aromatic rings. The fourth-order valence-corrected chi connectivity index (χ4v) is 2.86. The zero-order chi connectivity index (χ0) is 14.8. The molecule has 1 unspecified atom stereocenters. The van der Waals surface area contributed by atoms with Crippen LogP contribution in [0.15, 0.2) is 0 Å². The van der Waals surface area contributed by atoms with Crippen LogP contribution in [0.3, 0.4) is 0 Å². The number of rotatable bonds is 2. The van der Waals surface area contributed by atoms with Crippen molar-refractivity contribution in [2.24, 2.45) is 5.92 Å². The van der Waals surface area contributed by atoms with Crippen LogP contribution in [0.25, 0.3) is 0 Å². The van der Waals surface area contributed by atoms with Crippen LogP contribution in [0.2, 0.25) is 0 Å². The Morgan fingerprint density at radius 2 is 1.80 bits per heavy atom. The van der Waals surface area contributed by atoms with E-state index in [0.717, 1.165) is 25.7 Å². The molecule has 0 aliphatic carbocycles. The van der Waals surface area contributed by atoms with E-state index in [4.69, 9.17) is 9.47 Å². The molecule has 5 nitrogen and oxygen atoms in total. The molecule has 2 aliphatic heterocycles. The summed E-state index contributed by atoms with van der Waals surface area (Å²) in [5, 5.41) is 0. The highest BCUT2D eigenvalue weighted by Gasteiger charge is 2.39. The highest BCUT2D eigenvalue weighted by Crippen LogP contribution is 2.27. The average molecular weight is 283 g/mol. The second-order valence-electron chi connectivity index (χ2n) is 6.62. The summed E-state index contributed by atoms with van der Waals surface area (Å²) in [6.45, 7) is 7.45. The number of ether oxygens (including phenoxy) is 2. The van der Waals surface area contributed by atoms with Crippen molar-refractivity contribution in [3.05, 3.63) is 0 Å². The van der Waals surface area contributed by atoms with E-state index in [1.165, 1.54) is 0 Å². The monoisotopic (exact) mass is 283 g/mol. The first-order chi connectivity index (χ1) is 9.38. The van der Waals surface area contributed by atoms with E-state index in [0.29, 0.717) is 19.8 Å². The van der Waals surface area contributed by atoms with Crippen LogP contribution >= 0.6 is 0 Å². The Morgan fingerprint density at radius 3 is 2.40 bits per heavy atom. The van der Waals surface area contributed by atoms with Gasteiger partial charge in [0, 0.05) is 25.7 Å². The summed E-state index contributed by atoms with van der Waals surface area (Å²) >= 11 is 0. The van der Waals surface area contributed by atoms with Gasteiger partial charge in [0.25, 0.3) is 0 Å². The largest absolute Gasteiger partial charge is 0.444 e. The number of amides is 1. The van der Waals surface area contributed by atoms with E-state index in [2.05, 4.69) is 0 Å². The van der Waals surface area contributed by atoms with Crippen LogP contribution in [-0.4, -0.2) is 48.2 Å². The second-order valence-corrected chi connectivity index (χ2v) is 6.62. The average Bonchev–Trinajstić information content (AvgIpc) is 2.86. The Bertz CT molecular complexity index is 369. The molecule has 2 fully saturated rings. The van der Waals surface area contributed by atoms with Gasteiger partial charge in [0.15, 0.2) is 5.78 Å². The van der Waals surface area contributed by atoms with E-state index in [1.807, 2.05) is 20.8 Å². The van der Waals surface area contributed by atoms with Gasteiger partial charge < -0.3 is 9.47 Å². The molecule has 5 heteroatoms. The van der Waals surface area contributed by atoms with Crippen molar-refractivity contribution in [3.8, 4) is 0 Å². The van der Waals surface area contributed by atoms with Gasteiger partial charge in [-0.1, -0.05) is 0 Å². The summed E-state index contributed by atoms with van der Waals surface area (Å²) in [4.78, 5) is 26.4. The smallest absolute Gasteiger partial charge is 0.410 e. The quantitative estimate of drug-likeness (QED) is 0.781. The Balaban J connectivity index is 1.99. The Morgan fingerprint density at radius 1 is 1.15 bits per heavy atom. The molecule has 0 radical (unpaired) electrons. The standard InChI is InChI=1S/C15H25NO4/c1-15(2,3)20-14(18)16-8-4-5-12(16)13(17)11-6-9-19-10-7-11/h11-12H,4-10H2,1-3H3. The maximum Gasteiger partial charge on any atom is 0.410 e. The van der Waals surface area contributed by atoms with Crippen LogP contribution in [0, 0.1) is 5.92 Å². The molecule has 0 aromatic heterocycles. The zero-order valence-electron chi connectivity index (χ0n) is 12.7. The van der Waals surface area contributed by atoms with Gasteiger partial charge >= 0.3 is 6.09 Å². The van der Waals surface area contributed by atoms with E-state index in [1.54, 1.807) is 4.90 Å². The summed E-state index contributed by atoms with van der Waals surface area (Å²) in [7, 11) is 0. The minimum Gasteiger partial charge on any atom is -0.444 e. The number of ketones is 1. The van der Waals surface area contributed by atoms with Gasteiger partial charge in [-0.3, -0.25) is 9.69 Å². The molecule has 0 bridgehead atoms. The summed E-state index contributed by atoms with van der Waals surface area (Å²) in [6, 6.07) is -0.298. The molecular formula is C15H25NO4. The highest BCUT2D eigenvalue weighted by molar-refractivity contribution is 5.89. The van der Waals surface area contributed by atoms with Crippen molar-refractivity contribution in [1.82, 2.24) is 4.90 Å². The van der Waals surface area contributed by atoms with Crippen molar-refractivity contribution in [2.45, 2.75) is 58.1 Å². The molecule has 114 valence electrons. The number of likely N-dealkylation sites (tertiary alicyclic amines) is 1. The molecule has 20 heavy (non-hydrogen) atoms. The van der Waals surface area contributed by atoms with Gasteiger partial charge in [-0.2, -0.15) is 0 Å². The molecule has 2 rings (SSSR count). The van der Waals surface area contributed by atoms with E-state index >= 15 is 0 Å². The first kappa shape index (κ1) is 15.3. The van der Waals surface area contributed by atoms with Crippen molar-refractivity contribution in [2.75, 3.05) is 19.8 Å². The maximum absolute atomic E-state index is 12.6. The van der Waals surface area contributed by atoms with E-state index < -0.39 is 5.60 Å². The van der Waals surface area contributed by atoms with Crippen molar-refractivity contribution >= 4 is 11.9 Å². The molecule has 0 saturated carbocycles. The number of hydrogen-bond acceptors (Lipinski definition) is 4. The van der Waals surface area contributed by atoms with Crippen molar-refractivity contribution < 1.29 is 19.1 Å². The Hall–Kier alpha value is -1.10. The van der Waals surface area contributed by atoms with Crippen molar-refractivity contribution in [1.29, 1.82) is 0 Å². The first-order valence-corrected chi connectivity index (χ1v) is 7.49. The van der Waals surface area contributed by atoms with Gasteiger partial charge in [-0.15, -0.1) is 0 Å². The van der Waals surface area contributed by atoms with E-state index in [-0.39, 0.29) is 23.8 Å². The zero-order valence-corrected chi connectivity index (χ0v) is 12.7. The highest BCUT2D eigenvalue weighted by atomic mass is 16.6. The SMILES string of the molecule is CC(C)(C)OC(=O)N1CCCC1C(=O)C1CCOCC1. The fraction of sp³-hybridized carbons (Fsp3) is 0.867. The molecule has 2 heterocycles. The van der Waals surface area contributed by atoms with Crippen LogP contribution in [0.5, 0.6) is 0 Å². The lowest BCUT2D eigenvalue weighted by atomic mass is 9.90. The van der Waals surface area contributed by atoms with Crippen LogP contribution < -0.4 is 0 Å². The molecule has 2 saturated heterocycles. The topological polar surface area (TPSA) is 55.8 Å². The molecule has 0 aromatic carbocycles. The molecule has 1 atom stereocenters. The van der Waals surface area contributed by atoms with Crippen LogP contribution in [-0.2, 0) is 14.3 Å². The normalized spacial score (nSPS) is 24.8. The third kappa shape index (κ3) is 3.72.